The van der Waals surface area contributed by atoms with E-state index in [-0.39, 0.29) is 12.2 Å². The van der Waals surface area contributed by atoms with E-state index >= 15 is 0 Å². The maximum atomic E-state index is 14.6. The Kier molecular flexibility index (Phi) is 9.28. The van der Waals surface area contributed by atoms with Gasteiger partial charge in [-0.25, -0.2) is 31.7 Å². The molecule has 0 saturated carbocycles. The van der Waals surface area contributed by atoms with Crippen molar-refractivity contribution >= 4 is 26.1 Å². The summed E-state index contributed by atoms with van der Waals surface area (Å²) in [6.07, 6.45) is -0.406. The first-order valence-electron chi connectivity index (χ1n) is 10.1. The van der Waals surface area contributed by atoms with E-state index < -0.39 is 62.3 Å². The van der Waals surface area contributed by atoms with Crippen LogP contribution in [0.25, 0.3) is 0 Å². The zero-order valence-electron chi connectivity index (χ0n) is 18.9. The number of carbonyl (C=O) groups excluding carboxylic acids is 1. The molecular formula is C21H26F3N3O6S2. The van der Waals surface area contributed by atoms with E-state index in [1.165, 1.54) is 25.1 Å². The second-order valence-electron chi connectivity index (χ2n) is 7.94. The van der Waals surface area contributed by atoms with Crippen LogP contribution in [0.15, 0.2) is 59.0 Å². The number of nitrogens with one attached hydrogen (secondary N) is 1. The second kappa shape index (κ2) is 11.4. The molecule has 0 aliphatic carbocycles. The molecule has 14 heteroatoms. The van der Waals surface area contributed by atoms with Gasteiger partial charge in [-0.15, -0.1) is 0 Å². The van der Waals surface area contributed by atoms with Crippen LogP contribution in [0, 0.1) is 5.82 Å². The summed E-state index contributed by atoms with van der Waals surface area (Å²) in [5.41, 5.74) is -1.23. The fraction of sp³-hybridized carbons (Fsp3) is 0.381. The van der Waals surface area contributed by atoms with E-state index in [2.05, 4.69) is 13.9 Å². The van der Waals surface area contributed by atoms with Gasteiger partial charge in [0.15, 0.2) is 0 Å². The van der Waals surface area contributed by atoms with Crippen LogP contribution in [0.4, 0.5) is 18.0 Å². The summed E-state index contributed by atoms with van der Waals surface area (Å²) in [4.78, 5) is 12.5. The van der Waals surface area contributed by atoms with Gasteiger partial charge in [0.1, 0.15) is 35.5 Å². The molecule has 3 N–H and O–H groups in total. The lowest BCUT2D eigenvalue weighted by Gasteiger charge is -2.31. The van der Waals surface area contributed by atoms with Crippen LogP contribution in [-0.2, 0) is 41.1 Å². The summed E-state index contributed by atoms with van der Waals surface area (Å²) in [7, 11) is -8.10. The van der Waals surface area contributed by atoms with Crippen molar-refractivity contribution in [1.29, 1.82) is 0 Å². The molecule has 35 heavy (non-hydrogen) atoms. The van der Waals surface area contributed by atoms with E-state index in [0.29, 0.717) is 11.8 Å². The lowest BCUT2D eigenvalue weighted by atomic mass is 9.94. The molecule has 1 amide bonds. The number of alkyl halides is 2. The zero-order chi connectivity index (χ0) is 26.3. The SMILES string of the molecule is C[C@@](CS(N)(=O)=NCC(F)(F)COS(C)(=O)=O)(NC(=O)OCc1ccccc1)c1ccccc1F. The third-order valence-electron chi connectivity index (χ3n) is 4.55. The van der Waals surface area contributed by atoms with Crippen LogP contribution in [0.2, 0.25) is 0 Å². The summed E-state index contributed by atoms with van der Waals surface area (Å²) >= 11 is 0. The van der Waals surface area contributed by atoms with Crippen LogP contribution in [-0.4, -0.2) is 49.8 Å². The predicted octanol–water partition coefficient (Wildman–Crippen LogP) is 2.92. The number of hydrogen-bond donors (Lipinski definition) is 2. The van der Waals surface area contributed by atoms with Gasteiger partial charge in [-0.2, -0.15) is 8.42 Å². The molecule has 0 fully saturated rings. The molecule has 0 heterocycles. The Balaban J connectivity index is 2.24. The fourth-order valence-electron chi connectivity index (χ4n) is 2.98. The number of nitrogens with two attached hydrogens (primary N) is 1. The fourth-order valence-corrected chi connectivity index (χ4v) is 4.92. The minimum Gasteiger partial charge on any atom is -0.445 e. The van der Waals surface area contributed by atoms with Crippen LogP contribution in [0.1, 0.15) is 18.1 Å². The number of benzene rings is 2. The maximum absolute atomic E-state index is 14.6. The van der Waals surface area contributed by atoms with E-state index in [0.717, 1.165) is 6.07 Å². The number of alkyl carbamates (subject to hydrolysis) is 1. The number of rotatable bonds is 11. The lowest BCUT2D eigenvalue weighted by molar-refractivity contribution is -0.0291. The van der Waals surface area contributed by atoms with Crippen LogP contribution in [0.5, 0.6) is 0 Å². The van der Waals surface area contributed by atoms with E-state index in [1.54, 1.807) is 30.3 Å². The smallest absolute Gasteiger partial charge is 0.408 e. The standard InChI is InChI=1S/C21H26F3N3O6S2/c1-20(17-10-6-7-11-18(17)22,27-19(28)32-12-16-8-4-3-5-9-16)15-35(25,31)26-13-21(23,24)14-33-34(2,29)30/h3-11H,12-15H2,1-2H3,(H,27,28)(H2,25,26,31)/t20-,35?/m0/s1. The monoisotopic (exact) mass is 537 g/mol. The average Bonchev–Trinajstić information content (AvgIpc) is 2.75. The van der Waals surface area contributed by atoms with Crippen LogP contribution >= 0.6 is 0 Å². The third kappa shape index (κ3) is 9.84. The Bertz CT molecular complexity index is 1250. The predicted molar refractivity (Wildman–Crippen MR) is 124 cm³/mol. The van der Waals surface area contributed by atoms with Crippen LogP contribution in [0.3, 0.4) is 0 Å². The molecule has 0 aliphatic heterocycles. The largest absolute Gasteiger partial charge is 0.445 e. The van der Waals surface area contributed by atoms with Gasteiger partial charge in [-0.05, 0) is 18.6 Å². The van der Waals surface area contributed by atoms with E-state index in [1.807, 2.05) is 0 Å². The summed E-state index contributed by atoms with van der Waals surface area (Å²) in [6, 6.07) is 13.9. The summed E-state index contributed by atoms with van der Waals surface area (Å²) in [5, 5.41) is 8.08. The van der Waals surface area contributed by atoms with Crippen molar-refractivity contribution < 1.29 is 39.5 Å². The minimum atomic E-state index is -4.15. The number of ether oxygens (including phenoxy) is 1. The third-order valence-corrected chi connectivity index (χ3v) is 6.66. The Morgan fingerprint density at radius 3 is 2.29 bits per heavy atom. The van der Waals surface area contributed by atoms with Gasteiger partial charge in [0.2, 0.25) is 0 Å². The number of carbonyl (C=O) groups is 1. The Labute approximate surface area is 202 Å². The molecule has 0 saturated heterocycles. The topological polar surface area (TPSA) is 137 Å². The van der Waals surface area contributed by atoms with Gasteiger partial charge in [0, 0.05) is 5.56 Å². The van der Waals surface area contributed by atoms with Crippen molar-refractivity contribution in [3.8, 4) is 0 Å². The number of nitrogens with zero attached hydrogens (tertiary/aromatic N) is 1. The molecule has 0 bridgehead atoms. The van der Waals surface area contributed by atoms with Gasteiger partial charge in [-0.1, -0.05) is 48.5 Å². The molecular weight excluding hydrogens is 511 g/mol. The Morgan fingerprint density at radius 2 is 1.69 bits per heavy atom. The highest BCUT2D eigenvalue weighted by Crippen LogP contribution is 2.26. The van der Waals surface area contributed by atoms with Crippen LogP contribution < -0.4 is 10.5 Å². The molecule has 1 unspecified atom stereocenters. The first-order valence-corrected chi connectivity index (χ1v) is 13.6. The average molecular weight is 538 g/mol. The quantitative estimate of drug-likeness (QED) is 0.423. The molecule has 9 nitrogen and oxygen atoms in total. The van der Waals surface area contributed by atoms with Gasteiger partial charge in [0.05, 0.1) is 17.5 Å². The zero-order valence-corrected chi connectivity index (χ0v) is 20.6. The van der Waals surface area contributed by atoms with Crippen molar-refractivity contribution in [3.05, 3.63) is 71.5 Å². The first-order chi connectivity index (χ1) is 16.1. The molecule has 0 spiro atoms. The van der Waals surface area contributed by atoms with Crippen molar-refractivity contribution in [3.63, 3.8) is 0 Å². The normalized spacial score (nSPS) is 15.5. The van der Waals surface area contributed by atoms with Gasteiger partial charge < -0.3 is 10.1 Å². The molecule has 2 aromatic carbocycles. The van der Waals surface area contributed by atoms with Gasteiger partial charge in [0.25, 0.3) is 16.0 Å². The van der Waals surface area contributed by atoms with Gasteiger partial charge in [-0.3, -0.25) is 4.18 Å². The summed E-state index contributed by atoms with van der Waals surface area (Å²) in [5.74, 6) is -5.34. The maximum Gasteiger partial charge on any atom is 0.408 e. The molecule has 0 aromatic heterocycles. The van der Waals surface area contributed by atoms with E-state index in [4.69, 9.17) is 9.88 Å². The first kappa shape index (κ1) is 28.6. The van der Waals surface area contributed by atoms with Crippen molar-refractivity contribution in [1.82, 2.24) is 5.32 Å². The number of hydrogen-bond acceptors (Lipinski definition) is 7. The van der Waals surface area contributed by atoms with Crippen molar-refractivity contribution in [2.24, 2.45) is 9.50 Å². The number of amides is 1. The minimum absolute atomic E-state index is 0.116. The second-order valence-corrected chi connectivity index (χ2v) is 11.5. The molecule has 2 rings (SSSR count). The van der Waals surface area contributed by atoms with Crippen molar-refractivity contribution in [2.75, 3.05) is 25.2 Å². The highest BCUT2D eigenvalue weighted by atomic mass is 32.2. The molecule has 0 aliphatic rings. The highest BCUT2D eigenvalue weighted by Gasteiger charge is 2.37. The lowest BCUT2D eigenvalue weighted by Crippen LogP contribution is -2.50. The Morgan fingerprint density at radius 1 is 1.09 bits per heavy atom. The van der Waals surface area contributed by atoms with Crippen molar-refractivity contribution in [2.45, 2.75) is 25.0 Å². The number of halogens is 3. The highest BCUT2D eigenvalue weighted by molar-refractivity contribution is 7.91. The van der Waals surface area contributed by atoms with E-state index in [9.17, 15) is 30.6 Å². The molecule has 2 aromatic rings. The molecule has 0 radical (unpaired) electrons. The van der Waals surface area contributed by atoms with Gasteiger partial charge >= 0.3 is 6.09 Å². The summed E-state index contributed by atoms with van der Waals surface area (Å²) < 4.78 is 89.9. The summed E-state index contributed by atoms with van der Waals surface area (Å²) in [6.45, 7) is -1.78. The molecule has 194 valence electrons. The Hall–Kier alpha value is -2.68. The molecule has 2 atom stereocenters.